The molecule has 2 heterocycles. The first-order chi connectivity index (χ1) is 22.8. The minimum absolute atomic E-state index is 0.0398. The summed E-state index contributed by atoms with van der Waals surface area (Å²) in [4.78, 5) is 66.0. The summed E-state index contributed by atoms with van der Waals surface area (Å²) in [6.45, 7) is 1.90. The predicted octanol–water partition coefficient (Wildman–Crippen LogP) is 2.55. The van der Waals surface area contributed by atoms with Crippen LogP contribution in [-0.2, 0) is 20.8 Å². The van der Waals surface area contributed by atoms with Gasteiger partial charge in [0.05, 0.1) is 16.6 Å². The van der Waals surface area contributed by atoms with Gasteiger partial charge >= 0.3 is 0 Å². The second-order valence-electron chi connectivity index (χ2n) is 12.6. The van der Waals surface area contributed by atoms with E-state index in [0.717, 1.165) is 12.8 Å². The van der Waals surface area contributed by atoms with Crippen LogP contribution in [0.5, 0.6) is 0 Å². The van der Waals surface area contributed by atoms with Gasteiger partial charge in [0.1, 0.15) is 5.82 Å². The van der Waals surface area contributed by atoms with E-state index in [-0.39, 0.29) is 60.7 Å². The van der Waals surface area contributed by atoms with E-state index >= 15 is 0 Å². The second kappa shape index (κ2) is 14.3. The van der Waals surface area contributed by atoms with Crippen LogP contribution in [0.1, 0.15) is 53.7 Å². The number of aromatic amines is 1. The van der Waals surface area contributed by atoms with E-state index in [1.54, 1.807) is 34.1 Å². The van der Waals surface area contributed by atoms with Crippen LogP contribution in [0.25, 0.3) is 10.8 Å². The Morgan fingerprint density at radius 3 is 2.38 bits per heavy atom. The molecule has 2 aromatic carbocycles. The normalized spacial score (nSPS) is 20.1. The largest absolute Gasteiger partial charge is 0.354 e. The van der Waals surface area contributed by atoms with Gasteiger partial charge in [-0.15, -0.1) is 0 Å². The van der Waals surface area contributed by atoms with E-state index in [4.69, 9.17) is 0 Å². The molecule has 1 aromatic heterocycles. The Morgan fingerprint density at radius 2 is 1.64 bits per heavy atom. The number of amides is 4. The maximum atomic E-state index is 14.8. The van der Waals surface area contributed by atoms with Crippen LogP contribution in [0.15, 0.2) is 59.4 Å². The van der Waals surface area contributed by atoms with Gasteiger partial charge in [-0.05, 0) is 54.9 Å². The predicted molar refractivity (Wildman–Crippen MR) is 173 cm³/mol. The van der Waals surface area contributed by atoms with E-state index in [0.29, 0.717) is 72.9 Å². The first-order valence-electron chi connectivity index (χ1n) is 16.3. The van der Waals surface area contributed by atoms with E-state index < -0.39 is 11.7 Å². The number of allylic oxidation sites excluding steroid dienone is 2. The number of benzene rings is 2. The standard InChI is InChI=1S/C35H39FN6O5/c36-29-11-9-23(21-30-25-4-1-2-5-26(25)34(46)40-39-30)20-28(29)35(47)42-16-14-41(15-17-42)32(44)7-3-6-31(43)37-12-13-38-33(45)27-19-22-8-10-24(27)18-22/h1-2,4-5,8-11,20,22,24,27H,3,6-7,12-19,21H2,(H,37,43)(H,38,45)(H,40,46)/t22-,24+,27-/m1/s1. The molecule has 0 spiro atoms. The van der Waals surface area contributed by atoms with Crippen LogP contribution in [0.3, 0.4) is 0 Å². The van der Waals surface area contributed by atoms with E-state index in [2.05, 4.69) is 33.0 Å². The molecule has 0 radical (unpaired) electrons. The molecule has 2 bridgehead atoms. The van der Waals surface area contributed by atoms with Gasteiger partial charge in [-0.2, -0.15) is 5.10 Å². The van der Waals surface area contributed by atoms with Gasteiger partial charge in [-0.1, -0.05) is 36.4 Å². The number of carbonyl (C=O) groups excluding carboxylic acids is 4. The Morgan fingerprint density at radius 1 is 0.894 bits per heavy atom. The summed E-state index contributed by atoms with van der Waals surface area (Å²) in [5.74, 6) is -0.375. The molecule has 1 saturated carbocycles. The van der Waals surface area contributed by atoms with Crippen molar-refractivity contribution in [3.63, 3.8) is 0 Å². The van der Waals surface area contributed by atoms with Crippen LogP contribution in [0, 0.1) is 23.6 Å². The summed E-state index contributed by atoms with van der Waals surface area (Å²) in [6.07, 6.45) is 7.41. The molecule has 3 N–H and O–H groups in total. The van der Waals surface area contributed by atoms with Crippen LogP contribution < -0.4 is 16.2 Å². The smallest absolute Gasteiger partial charge is 0.272 e. The van der Waals surface area contributed by atoms with Gasteiger partial charge in [-0.3, -0.25) is 24.0 Å². The zero-order valence-electron chi connectivity index (χ0n) is 26.2. The number of halogens is 1. The number of carbonyl (C=O) groups is 4. The second-order valence-corrected chi connectivity index (χ2v) is 12.6. The van der Waals surface area contributed by atoms with Gasteiger partial charge in [-0.25, -0.2) is 9.49 Å². The Bertz CT molecular complexity index is 1760. The molecule has 1 saturated heterocycles. The summed E-state index contributed by atoms with van der Waals surface area (Å²) in [6, 6.07) is 11.5. The van der Waals surface area contributed by atoms with Crippen molar-refractivity contribution in [2.45, 2.75) is 38.5 Å². The van der Waals surface area contributed by atoms with Crippen LogP contribution in [-0.4, -0.2) is 82.9 Å². The molecular formula is C35H39FN6O5. The number of aromatic nitrogens is 2. The number of hydrogen-bond acceptors (Lipinski definition) is 6. The van der Waals surface area contributed by atoms with E-state index in [9.17, 15) is 28.4 Å². The SMILES string of the molecule is O=C(CCCC(=O)N1CCN(C(=O)c2cc(Cc3n[nH]c(=O)c4ccccc34)ccc2F)CC1)NCCNC(=O)[C@@H]1C[C@@H]2C=C[C@H]1C2. The van der Waals surface area contributed by atoms with E-state index in [1.165, 1.54) is 12.1 Å². The molecule has 0 unspecified atom stereocenters. The Hall–Kier alpha value is -4.87. The number of nitrogens with one attached hydrogen (secondary N) is 3. The third-order valence-electron chi connectivity index (χ3n) is 9.48. The van der Waals surface area contributed by atoms with Crippen LogP contribution in [0.4, 0.5) is 4.39 Å². The number of H-pyrrole nitrogens is 1. The summed E-state index contributed by atoms with van der Waals surface area (Å²) in [5.41, 5.74) is 0.946. The summed E-state index contributed by atoms with van der Waals surface area (Å²) in [7, 11) is 0. The van der Waals surface area contributed by atoms with Gasteiger partial charge in [0, 0.05) is 69.8 Å². The van der Waals surface area contributed by atoms with Crippen molar-refractivity contribution in [2.24, 2.45) is 17.8 Å². The lowest BCUT2D eigenvalue weighted by Gasteiger charge is -2.35. The lowest BCUT2D eigenvalue weighted by atomic mass is 9.93. The minimum atomic E-state index is -0.629. The third kappa shape index (κ3) is 7.42. The lowest BCUT2D eigenvalue weighted by molar-refractivity contribution is -0.133. The maximum absolute atomic E-state index is 14.8. The Kier molecular flexibility index (Phi) is 9.74. The van der Waals surface area contributed by atoms with Crippen molar-refractivity contribution in [1.29, 1.82) is 0 Å². The Labute approximate surface area is 271 Å². The molecule has 3 aromatic rings. The summed E-state index contributed by atoms with van der Waals surface area (Å²) in [5, 5.41) is 13.6. The van der Waals surface area contributed by atoms with Gasteiger partial charge < -0.3 is 20.4 Å². The molecule has 4 amide bonds. The van der Waals surface area contributed by atoms with Crippen LogP contribution in [0.2, 0.25) is 0 Å². The number of rotatable bonds is 11. The molecule has 3 atom stereocenters. The first kappa shape index (κ1) is 32.1. The van der Waals surface area contributed by atoms with Gasteiger partial charge in [0.15, 0.2) is 0 Å². The van der Waals surface area contributed by atoms with E-state index in [1.807, 2.05) is 6.07 Å². The molecule has 2 fully saturated rings. The molecule has 47 heavy (non-hydrogen) atoms. The molecule has 1 aliphatic heterocycles. The summed E-state index contributed by atoms with van der Waals surface area (Å²) >= 11 is 0. The molecule has 3 aliphatic rings. The third-order valence-corrected chi connectivity index (χ3v) is 9.48. The monoisotopic (exact) mass is 642 g/mol. The van der Waals surface area contributed by atoms with Crippen molar-refractivity contribution in [2.75, 3.05) is 39.3 Å². The quantitative estimate of drug-likeness (QED) is 0.217. The topological polar surface area (TPSA) is 145 Å². The number of hydrogen-bond donors (Lipinski definition) is 3. The highest BCUT2D eigenvalue weighted by molar-refractivity contribution is 5.95. The highest BCUT2D eigenvalue weighted by Gasteiger charge is 2.39. The Balaban J connectivity index is 0.914. The van der Waals surface area contributed by atoms with Gasteiger partial charge in [0.2, 0.25) is 17.7 Å². The van der Waals surface area contributed by atoms with Crippen molar-refractivity contribution in [3.05, 3.63) is 87.6 Å². The minimum Gasteiger partial charge on any atom is -0.354 e. The molecule has 2 aliphatic carbocycles. The molecule has 11 nitrogen and oxygen atoms in total. The number of fused-ring (bicyclic) bond motifs is 3. The fraction of sp³-hybridized carbons (Fsp3) is 0.429. The zero-order chi connectivity index (χ0) is 32.9. The summed E-state index contributed by atoms with van der Waals surface area (Å²) < 4.78 is 14.8. The zero-order valence-corrected chi connectivity index (χ0v) is 26.2. The van der Waals surface area contributed by atoms with Crippen molar-refractivity contribution in [1.82, 2.24) is 30.6 Å². The number of piperazine rings is 1. The van der Waals surface area contributed by atoms with Crippen LogP contribution >= 0.6 is 0 Å². The fourth-order valence-electron chi connectivity index (χ4n) is 6.92. The first-order valence-corrected chi connectivity index (χ1v) is 16.3. The van der Waals surface area contributed by atoms with Crippen molar-refractivity contribution < 1.29 is 23.6 Å². The van der Waals surface area contributed by atoms with Gasteiger partial charge in [0.25, 0.3) is 11.5 Å². The van der Waals surface area contributed by atoms with Crippen molar-refractivity contribution in [3.8, 4) is 0 Å². The highest BCUT2D eigenvalue weighted by Crippen LogP contribution is 2.43. The highest BCUT2D eigenvalue weighted by atomic mass is 19.1. The molecule has 12 heteroatoms. The maximum Gasteiger partial charge on any atom is 0.272 e. The van der Waals surface area contributed by atoms with Crippen molar-refractivity contribution >= 4 is 34.4 Å². The fourth-order valence-corrected chi connectivity index (χ4v) is 6.92. The molecule has 6 rings (SSSR count). The average Bonchev–Trinajstić information content (AvgIpc) is 3.73. The average molecular weight is 643 g/mol. The lowest BCUT2D eigenvalue weighted by Crippen LogP contribution is -2.50. The molecular weight excluding hydrogens is 603 g/mol. The number of nitrogens with zero attached hydrogens (tertiary/aromatic N) is 3. The molecule has 246 valence electrons.